The molecule has 2 unspecified atom stereocenters. The Kier molecular flexibility index (Phi) is 4.55. The van der Waals surface area contributed by atoms with Crippen LogP contribution in [0, 0.1) is 0 Å². The number of rotatable bonds is 5. The Bertz CT molecular complexity index is 287. The third-order valence-corrected chi connectivity index (χ3v) is 2.32. The van der Waals surface area contributed by atoms with Gasteiger partial charge in [-0.2, -0.15) is 0 Å². The zero-order valence-corrected chi connectivity index (χ0v) is 9.07. The van der Waals surface area contributed by atoms with E-state index in [0.717, 1.165) is 11.3 Å². The van der Waals surface area contributed by atoms with Gasteiger partial charge < -0.3 is 20.8 Å². The molecule has 2 atom stereocenters. The van der Waals surface area contributed by atoms with E-state index in [1.165, 1.54) is 0 Å². The molecule has 4 N–H and O–H groups in total. The molecule has 0 saturated carbocycles. The van der Waals surface area contributed by atoms with E-state index in [2.05, 4.69) is 10.6 Å². The van der Waals surface area contributed by atoms with E-state index in [1.807, 2.05) is 19.2 Å². The highest BCUT2D eigenvalue weighted by atomic mass is 16.3. The highest BCUT2D eigenvalue weighted by Crippen LogP contribution is 2.18. The molecular formula is C11H18N2O2. The van der Waals surface area contributed by atoms with Gasteiger partial charge in [-0.1, -0.05) is 12.1 Å². The van der Waals surface area contributed by atoms with Crippen molar-refractivity contribution in [1.82, 2.24) is 5.32 Å². The predicted molar refractivity (Wildman–Crippen MR) is 60.9 cm³/mol. The monoisotopic (exact) mass is 210 g/mol. The average Bonchev–Trinajstić information content (AvgIpc) is 2.28. The van der Waals surface area contributed by atoms with E-state index >= 15 is 0 Å². The van der Waals surface area contributed by atoms with Crippen molar-refractivity contribution >= 4 is 5.69 Å². The first-order chi connectivity index (χ1) is 7.19. The number of anilines is 1. The number of nitrogens with one attached hydrogen (secondary N) is 2. The molecule has 0 spiro atoms. The normalized spacial score (nSPS) is 14.7. The Morgan fingerprint density at radius 2 is 1.73 bits per heavy atom. The van der Waals surface area contributed by atoms with Gasteiger partial charge in [-0.05, 0) is 24.7 Å². The average molecular weight is 210 g/mol. The van der Waals surface area contributed by atoms with E-state index in [4.69, 9.17) is 0 Å². The fraction of sp³-hybridized carbons (Fsp3) is 0.455. The Balaban J connectivity index is 2.69. The summed E-state index contributed by atoms with van der Waals surface area (Å²) in [5.41, 5.74) is 1.70. The molecule has 0 radical (unpaired) electrons. The number of benzene rings is 1. The van der Waals surface area contributed by atoms with Gasteiger partial charge in [0, 0.05) is 19.3 Å². The first kappa shape index (κ1) is 12.0. The topological polar surface area (TPSA) is 64.5 Å². The van der Waals surface area contributed by atoms with Gasteiger partial charge in [-0.3, -0.25) is 0 Å². The second kappa shape index (κ2) is 5.70. The minimum absolute atomic E-state index is 0.370. The van der Waals surface area contributed by atoms with Crippen LogP contribution in [0.15, 0.2) is 24.3 Å². The van der Waals surface area contributed by atoms with Gasteiger partial charge in [0.15, 0.2) is 0 Å². The summed E-state index contributed by atoms with van der Waals surface area (Å²) in [6.07, 6.45) is -1.63. The second-order valence-electron chi connectivity index (χ2n) is 3.44. The molecule has 15 heavy (non-hydrogen) atoms. The van der Waals surface area contributed by atoms with Crippen molar-refractivity contribution in [3.05, 3.63) is 29.8 Å². The van der Waals surface area contributed by atoms with Crippen LogP contribution in [-0.4, -0.2) is 37.0 Å². The lowest BCUT2D eigenvalue weighted by Gasteiger charge is -2.17. The fourth-order valence-electron chi connectivity index (χ4n) is 1.39. The number of aliphatic hydroxyl groups is 2. The molecule has 0 bridgehead atoms. The molecular weight excluding hydrogens is 192 g/mol. The molecule has 0 fully saturated rings. The number of hydrogen-bond donors (Lipinski definition) is 4. The maximum Gasteiger partial charge on any atom is 0.106 e. The summed E-state index contributed by atoms with van der Waals surface area (Å²) in [4.78, 5) is 0. The molecule has 4 heteroatoms. The maximum absolute atomic E-state index is 9.77. The van der Waals surface area contributed by atoms with Gasteiger partial charge in [-0.15, -0.1) is 0 Å². The first-order valence-electron chi connectivity index (χ1n) is 4.97. The van der Waals surface area contributed by atoms with Gasteiger partial charge in [0.1, 0.15) is 6.10 Å². The summed E-state index contributed by atoms with van der Waals surface area (Å²) in [5.74, 6) is 0. The third kappa shape index (κ3) is 3.20. The summed E-state index contributed by atoms with van der Waals surface area (Å²) >= 11 is 0. The molecule has 0 heterocycles. The summed E-state index contributed by atoms with van der Waals surface area (Å²) in [6, 6.07) is 7.33. The van der Waals surface area contributed by atoms with Crippen molar-refractivity contribution in [2.75, 3.05) is 26.0 Å². The number of likely N-dealkylation sites (N-methyl/N-ethyl adjacent to an activating group) is 1. The van der Waals surface area contributed by atoms with E-state index in [-0.39, 0.29) is 0 Å². The van der Waals surface area contributed by atoms with Crippen LogP contribution in [-0.2, 0) is 0 Å². The van der Waals surface area contributed by atoms with Crippen LogP contribution < -0.4 is 10.6 Å². The lowest BCUT2D eigenvalue weighted by atomic mass is 10.0. The standard InChI is InChI=1S/C11H18N2O2/c1-12-7-10(14)11(15)8-3-5-9(13-2)6-4-8/h3-6,10-15H,7H2,1-2H3. The molecule has 4 nitrogen and oxygen atoms in total. The Hall–Kier alpha value is -1.10. The van der Waals surface area contributed by atoms with Crippen LogP contribution in [0.5, 0.6) is 0 Å². The molecule has 0 aliphatic rings. The maximum atomic E-state index is 9.77. The van der Waals surface area contributed by atoms with Crippen LogP contribution in [0.3, 0.4) is 0 Å². The van der Waals surface area contributed by atoms with Crippen molar-refractivity contribution in [3.8, 4) is 0 Å². The highest BCUT2D eigenvalue weighted by Gasteiger charge is 2.16. The summed E-state index contributed by atoms with van der Waals surface area (Å²) in [6.45, 7) is 0.370. The second-order valence-corrected chi connectivity index (χ2v) is 3.44. The Morgan fingerprint density at radius 3 is 2.20 bits per heavy atom. The largest absolute Gasteiger partial charge is 0.389 e. The summed E-state index contributed by atoms with van der Waals surface area (Å²) in [7, 11) is 3.57. The van der Waals surface area contributed by atoms with Gasteiger partial charge in [0.2, 0.25) is 0 Å². The first-order valence-corrected chi connectivity index (χ1v) is 4.97. The Labute approximate surface area is 89.9 Å². The Morgan fingerprint density at radius 1 is 1.13 bits per heavy atom. The van der Waals surface area contributed by atoms with E-state index in [0.29, 0.717) is 6.54 Å². The predicted octanol–water partition coefficient (Wildman–Crippen LogP) is 0.342. The van der Waals surface area contributed by atoms with Crippen LogP contribution >= 0.6 is 0 Å². The zero-order valence-electron chi connectivity index (χ0n) is 9.07. The molecule has 0 amide bonds. The van der Waals surface area contributed by atoms with Crippen molar-refractivity contribution in [2.45, 2.75) is 12.2 Å². The zero-order chi connectivity index (χ0) is 11.3. The fourth-order valence-corrected chi connectivity index (χ4v) is 1.39. The molecule has 84 valence electrons. The van der Waals surface area contributed by atoms with Crippen molar-refractivity contribution in [3.63, 3.8) is 0 Å². The quantitative estimate of drug-likeness (QED) is 0.566. The van der Waals surface area contributed by atoms with Gasteiger partial charge >= 0.3 is 0 Å². The molecule has 1 aromatic carbocycles. The van der Waals surface area contributed by atoms with E-state index in [9.17, 15) is 10.2 Å². The lowest BCUT2D eigenvalue weighted by Crippen LogP contribution is -2.29. The van der Waals surface area contributed by atoms with E-state index in [1.54, 1.807) is 19.2 Å². The van der Waals surface area contributed by atoms with Crippen molar-refractivity contribution in [2.24, 2.45) is 0 Å². The van der Waals surface area contributed by atoms with Crippen LogP contribution in [0.1, 0.15) is 11.7 Å². The van der Waals surface area contributed by atoms with Crippen molar-refractivity contribution in [1.29, 1.82) is 0 Å². The van der Waals surface area contributed by atoms with Gasteiger partial charge in [0.25, 0.3) is 0 Å². The minimum atomic E-state index is -0.844. The highest BCUT2D eigenvalue weighted by molar-refractivity contribution is 5.44. The van der Waals surface area contributed by atoms with Crippen LogP contribution in [0.4, 0.5) is 5.69 Å². The SMILES string of the molecule is CNCC(O)C(O)c1ccc(NC)cc1. The number of aliphatic hydroxyl groups excluding tert-OH is 2. The summed E-state index contributed by atoms with van der Waals surface area (Å²) in [5, 5.41) is 25.2. The van der Waals surface area contributed by atoms with E-state index < -0.39 is 12.2 Å². The summed E-state index contributed by atoms with van der Waals surface area (Å²) < 4.78 is 0. The molecule has 0 aromatic heterocycles. The molecule has 1 aromatic rings. The van der Waals surface area contributed by atoms with Gasteiger partial charge in [0.05, 0.1) is 6.10 Å². The number of hydrogen-bond acceptors (Lipinski definition) is 4. The van der Waals surface area contributed by atoms with Crippen LogP contribution in [0.25, 0.3) is 0 Å². The van der Waals surface area contributed by atoms with Gasteiger partial charge in [-0.25, -0.2) is 0 Å². The lowest BCUT2D eigenvalue weighted by molar-refractivity contribution is 0.0202. The van der Waals surface area contributed by atoms with Crippen molar-refractivity contribution < 1.29 is 10.2 Å². The minimum Gasteiger partial charge on any atom is -0.389 e. The molecule has 1 rings (SSSR count). The molecule has 0 saturated heterocycles. The molecule has 0 aliphatic carbocycles. The third-order valence-electron chi connectivity index (χ3n) is 2.32. The van der Waals surface area contributed by atoms with Crippen LogP contribution in [0.2, 0.25) is 0 Å². The molecule has 0 aliphatic heterocycles. The smallest absolute Gasteiger partial charge is 0.106 e.